The SMILES string of the molecule is C#Cc1cc(CC(=O)O)cc(COCC(=O)OC(C)(C)C)c1C. The Labute approximate surface area is 136 Å². The molecule has 5 nitrogen and oxygen atoms in total. The molecule has 0 amide bonds. The number of carbonyl (C=O) groups excluding carboxylic acids is 1. The largest absolute Gasteiger partial charge is 0.481 e. The van der Waals surface area contributed by atoms with Crippen molar-refractivity contribution in [2.24, 2.45) is 0 Å². The van der Waals surface area contributed by atoms with E-state index < -0.39 is 17.5 Å². The second-order valence-corrected chi connectivity index (χ2v) is 6.22. The molecule has 0 aliphatic carbocycles. The van der Waals surface area contributed by atoms with Gasteiger partial charge in [0.05, 0.1) is 13.0 Å². The lowest BCUT2D eigenvalue weighted by Gasteiger charge is -2.19. The Hall–Kier alpha value is -2.32. The first-order valence-corrected chi connectivity index (χ1v) is 7.23. The molecule has 0 heterocycles. The van der Waals surface area contributed by atoms with Crippen LogP contribution in [-0.4, -0.2) is 29.3 Å². The molecule has 0 aliphatic rings. The third-order valence-corrected chi connectivity index (χ3v) is 2.98. The third-order valence-electron chi connectivity index (χ3n) is 2.98. The fourth-order valence-corrected chi connectivity index (χ4v) is 2.03. The monoisotopic (exact) mass is 318 g/mol. The molecule has 0 fully saturated rings. The van der Waals surface area contributed by atoms with Gasteiger partial charge in [0.15, 0.2) is 0 Å². The number of hydrogen-bond donors (Lipinski definition) is 1. The molecule has 23 heavy (non-hydrogen) atoms. The number of terminal acetylenes is 1. The summed E-state index contributed by atoms with van der Waals surface area (Å²) < 4.78 is 10.5. The summed E-state index contributed by atoms with van der Waals surface area (Å²) in [6.07, 6.45) is 5.34. The summed E-state index contributed by atoms with van der Waals surface area (Å²) in [4.78, 5) is 22.5. The Kier molecular flexibility index (Phi) is 6.35. The Morgan fingerprint density at radius 3 is 2.48 bits per heavy atom. The number of aliphatic carboxylic acids is 1. The average molecular weight is 318 g/mol. The molecule has 1 aromatic rings. The zero-order chi connectivity index (χ0) is 17.6. The van der Waals surface area contributed by atoms with Crippen molar-refractivity contribution in [3.05, 3.63) is 34.4 Å². The van der Waals surface area contributed by atoms with Gasteiger partial charge < -0.3 is 14.6 Å². The van der Waals surface area contributed by atoms with Crippen LogP contribution in [0.15, 0.2) is 12.1 Å². The van der Waals surface area contributed by atoms with Gasteiger partial charge in [-0.2, -0.15) is 0 Å². The molecule has 0 unspecified atom stereocenters. The number of carbonyl (C=O) groups is 2. The van der Waals surface area contributed by atoms with E-state index in [1.165, 1.54) is 0 Å². The number of hydrogen-bond acceptors (Lipinski definition) is 4. The van der Waals surface area contributed by atoms with Crippen molar-refractivity contribution in [3.63, 3.8) is 0 Å². The van der Waals surface area contributed by atoms with Crippen molar-refractivity contribution in [2.45, 2.75) is 46.3 Å². The molecule has 1 aromatic carbocycles. The fourth-order valence-electron chi connectivity index (χ4n) is 2.03. The molecule has 1 rings (SSSR count). The summed E-state index contributed by atoms with van der Waals surface area (Å²) in [6, 6.07) is 3.42. The lowest BCUT2D eigenvalue weighted by molar-refractivity contribution is -0.160. The van der Waals surface area contributed by atoms with Crippen LogP contribution in [0.4, 0.5) is 0 Å². The standard InChI is InChI=1S/C18H22O5/c1-6-14-7-13(9-16(19)20)8-15(12(14)2)10-22-11-17(21)23-18(3,4)5/h1,7-8H,9-11H2,2-5H3,(H,19,20). The first kappa shape index (κ1) is 18.7. The number of rotatable bonds is 6. The Morgan fingerprint density at radius 1 is 1.30 bits per heavy atom. The summed E-state index contributed by atoms with van der Waals surface area (Å²) in [5, 5.41) is 8.90. The van der Waals surface area contributed by atoms with Crippen molar-refractivity contribution in [2.75, 3.05) is 6.61 Å². The second kappa shape index (κ2) is 7.80. The van der Waals surface area contributed by atoms with Gasteiger partial charge in [0.25, 0.3) is 0 Å². The molecule has 0 atom stereocenters. The average Bonchev–Trinajstić information content (AvgIpc) is 2.39. The van der Waals surface area contributed by atoms with E-state index in [-0.39, 0.29) is 19.6 Å². The molecule has 0 saturated carbocycles. The number of carboxylic acid groups (broad SMARTS) is 1. The topological polar surface area (TPSA) is 72.8 Å². The highest BCUT2D eigenvalue weighted by molar-refractivity contribution is 5.71. The summed E-state index contributed by atoms with van der Waals surface area (Å²) in [5.41, 5.74) is 2.27. The lowest BCUT2D eigenvalue weighted by atomic mass is 9.98. The predicted molar refractivity (Wildman–Crippen MR) is 86.0 cm³/mol. The Balaban J connectivity index is 2.78. The lowest BCUT2D eigenvalue weighted by Crippen LogP contribution is -2.26. The summed E-state index contributed by atoms with van der Waals surface area (Å²) in [7, 11) is 0. The molecule has 0 spiro atoms. The van der Waals surface area contributed by atoms with Crippen LogP contribution in [0.25, 0.3) is 0 Å². The van der Waals surface area contributed by atoms with Crippen LogP contribution in [0.2, 0.25) is 0 Å². The van der Waals surface area contributed by atoms with Gasteiger partial charge in [-0.1, -0.05) is 12.0 Å². The van der Waals surface area contributed by atoms with Gasteiger partial charge in [-0.3, -0.25) is 4.79 Å². The van der Waals surface area contributed by atoms with Crippen LogP contribution in [0.5, 0.6) is 0 Å². The summed E-state index contributed by atoms with van der Waals surface area (Å²) >= 11 is 0. The van der Waals surface area contributed by atoms with Crippen LogP contribution >= 0.6 is 0 Å². The zero-order valence-electron chi connectivity index (χ0n) is 13.9. The van der Waals surface area contributed by atoms with Gasteiger partial charge in [0.1, 0.15) is 12.2 Å². The summed E-state index contributed by atoms with van der Waals surface area (Å²) in [5.74, 6) is 1.16. The van der Waals surface area contributed by atoms with E-state index in [1.54, 1.807) is 32.9 Å². The zero-order valence-corrected chi connectivity index (χ0v) is 13.9. The van der Waals surface area contributed by atoms with Gasteiger partial charge in [0, 0.05) is 5.56 Å². The van der Waals surface area contributed by atoms with Crippen LogP contribution in [0.3, 0.4) is 0 Å². The van der Waals surface area contributed by atoms with E-state index in [0.29, 0.717) is 11.1 Å². The number of ether oxygens (including phenoxy) is 2. The van der Waals surface area contributed by atoms with Gasteiger partial charge >= 0.3 is 11.9 Å². The van der Waals surface area contributed by atoms with Crippen LogP contribution in [-0.2, 0) is 32.1 Å². The van der Waals surface area contributed by atoms with Crippen molar-refractivity contribution in [1.82, 2.24) is 0 Å². The molecule has 1 N–H and O–H groups in total. The maximum atomic E-state index is 11.6. The van der Waals surface area contributed by atoms with E-state index in [4.69, 9.17) is 21.0 Å². The molecular weight excluding hydrogens is 296 g/mol. The first-order valence-electron chi connectivity index (χ1n) is 7.23. The third kappa shape index (κ3) is 6.54. The molecule has 0 saturated heterocycles. The van der Waals surface area contributed by atoms with Gasteiger partial charge in [-0.25, -0.2) is 4.79 Å². The van der Waals surface area contributed by atoms with Gasteiger partial charge in [-0.05, 0) is 50.5 Å². The van der Waals surface area contributed by atoms with E-state index >= 15 is 0 Å². The molecule has 0 bridgehead atoms. The molecule has 0 aromatic heterocycles. The molecule has 124 valence electrons. The van der Waals surface area contributed by atoms with Crippen LogP contribution in [0, 0.1) is 19.3 Å². The van der Waals surface area contributed by atoms with Crippen molar-refractivity contribution in [1.29, 1.82) is 0 Å². The number of benzene rings is 1. The molecular formula is C18H22O5. The molecule has 0 radical (unpaired) electrons. The normalized spacial score (nSPS) is 10.9. The Bertz CT molecular complexity index is 632. The van der Waals surface area contributed by atoms with Crippen molar-refractivity contribution >= 4 is 11.9 Å². The maximum absolute atomic E-state index is 11.6. The van der Waals surface area contributed by atoms with Crippen LogP contribution in [0.1, 0.15) is 43.0 Å². The summed E-state index contributed by atoms with van der Waals surface area (Å²) in [6.45, 7) is 7.17. The van der Waals surface area contributed by atoms with Gasteiger partial charge in [0.2, 0.25) is 0 Å². The maximum Gasteiger partial charge on any atom is 0.332 e. The van der Waals surface area contributed by atoms with E-state index in [0.717, 1.165) is 11.1 Å². The highest BCUT2D eigenvalue weighted by Crippen LogP contribution is 2.18. The number of esters is 1. The number of carboxylic acids is 1. The quantitative estimate of drug-likeness (QED) is 0.644. The van der Waals surface area contributed by atoms with Crippen molar-refractivity contribution in [3.8, 4) is 12.3 Å². The first-order chi connectivity index (χ1) is 10.6. The predicted octanol–water partition coefficient (Wildman–Crippen LogP) is 2.46. The molecule has 5 heteroatoms. The van der Waals surface area contributed by atoms with E-state index in [2.05, 4.69) is 5.92 Å². The minimum Gasteiger partial charge on any atom is -0.481 e. The second-order valence-electron chi connectivity index (χ2n) is 6.22. The highest BCUT2D eigenvalue weighted by Gasteiger charge is 2.16. The van der Waals surface area contributed by atoms with E-state index in [1.807, 2.05) is 6.92 Å². The van der Waals surface area contributed by atoms with Crippen LogP contribution < -0.4 is 0 Å². The van der Waals surface area contributed by atoms with E-state index in [9.17, 15) is 9.59 Å². The highest BCUT2D eigenvalue weighted by atomic mass is 16.6. The smallest absolute Gasteiger partial charge is 0.332 e. The van der Waals surface area contributed by atoms with Gasteiger partial charge in [-0.15, -0.1) is 6.42 Å². The fraction of sp³-hybridized carbons (Fsp3) is 0.444. The molecule has 0 aliphatic heterocycles. The minimum atomic E-state index is -0.933. The van der Waals surface area contributed by atoms with Crippen molar-refractivity contribution < 1.29 is 24.2 Å². The minimum absolute atomic E-state index is 0.117. The Morgan fingerprint density at radius 2 is 1.96 bits per heavy atom.